The number of hydrogen-bond donors (Lipinski definition) is 2. The lowest BCUT2D eigenvalue weighted by Gasteiger charge is -2.15. The summed E-state index contributed by atoms with van der Waals surface area (Å²) in [5, 5.41) is 14.1. The highest BCUT2D eigenvalue weighted by Crippen LogP contribution is 2.26. The minimum absolute atomic E-state index is 0.109. The molecule has 0 fully saturated rings. The second-order valence-corrected chi connectivity index (χ2v) is 7.09. The zero-order valence-corrected chi connectivity index (χ0v) is 15.9. The number of anilines is 1. The molecule has 3 aromatic rings. The Morgan fingerprint density at radius 2 is 2.14 bits per heavy atom. The number of imidazole rings is 1. The third-order valence-electron chi connectivity index (χ3n) is 4.50. The quantitative estimate of drug-likeness (QED) is 0.614. The second kappa shape index (κ2) is 7.45. The molecule has 144 valence electrons. The summed E-state index contributed by atoms with van der Waals surface area (Å²) in [5.74, 6) is -0.904. The van der Waals surface area contributed by atoms with Crippen LogP contribution in [0.15, 0.2) is 53.3 Å². The van der Waals surface area contributed by atoms with Crippen LogP contribution in [0.2, 0.25) is 0 Å². The van der Waals surface area contributed by atoms with Crippen LogP contribution in [0.5, 0.6) is 0 Å². The van der Waals surface area contributed by atoms with E-state index in [1.165, 1.54) is 12.0 Å². The van der Waals surface area contributed by atoms with Crippen molar-refractivity contribution in [2.24, 2.45) is 0 Å². The fourth-order valence-electron chi connectivity index (χ4n) is 3.08. The summed E-state index contributed by atoms with van der Waals surface area (Å²) in [6.45, 7) is 0.0864. The van der Waals surface area contributed by atoms with Gasteiger partial charge in [0.25, 0.3) is 5.91 Å². The molecule has 2 aromatic heterocycles. The van der Waals surface area contributed by atoms with Crippen LogP contribution in [0.4, 0.5) is 5.69 Å². The fraction of sp³-hybridized carbons (Fsp3) is 0.211. The summed E-state index contributed by atoms with van der Waals surface area (Å²) in [6, 6.07) is 7.45. The Bertz CT molecular complexity index is 1040. The highest BCUT2D eigenvalue weighted by Gasteiger charge is 2.34. The number of rotatable bonds is 6. The molecule has 1 aromatic carbocycles. The number of aliphatic hydroxyl groups is 1. The smallest absolute Gasteiger partial charge is 0.337 e. The molecule has 9 heteroatoms. The van der Waals surface area contributed by atoms with Crippen molar-refractivity contribution in [3.63, 3.8) is 0 Å². The van der Waals surface area contributed by atoms with Gasteiger partial charge in [-0.2, -0.15) is 0 Å². The van der Waals surface area contributed by atoms with Crippen molar-refractivity contribution in [3.05, 3.63) is 53.3 Å². The monoisotopic (exact) mass is 398 g/mol. The Kier molecular flexibility index (Phi) is 4.84. The lowest BCUT2D eigenvalue weighted by molar-refractivity contribution is -0.136. The van der Waals surface area contributed by atoms with E-state index < -0.39 is 5.97 Å². The Balaban J connectivity index is 1.57. The van der Waals surface area contributed by atoms with Gasteiger partial charge in [0, 0.05) is 35.6 Å². The fourth-order valence-corrected chi connectivity index (χ4v) is 3.78. The second-order valence-electron chi connectivity index (χ2n) is 6.22. The molecule has 0 saturated carbocycles. The van der Waals surface area contributed by atoms with Gasteiger partial charge in [-0.3, -0.25) is 9.20 Å². The zero-order chi connectivity index (χ0) is 19.7. The predicted molar refractivity (Wildman–Crippen MR) is 105 cm³/mol. The molecule has 0 radical (unpaired) electrons. The molecule has 1 amide bonds. The number of thiazole rings is 1. The number of β-amino-alcohol motifs (C(OH)–C–C–N with tert-alkyl or cyclic N) is 1. The molecule has 0 aliphatic carbocycles. The van der Waals surface area contributed by atoms with Crippen molar-refractivity contribution in [1.82, 2.24) is 14.3 Å². The van der Waals surface area contributed by atoms with Crippen molar-refractivity contribution < 1.29 is 19.4 Å². The first kappa shape index (κ1) is 18.2. The maximum Gasteiger partial charge on any atom is 0.337 e. The summed E-state index contributed by atoms with van der Waals surface area (Å²) in [5.41, 5.74) is 2.90. The van der Waals surface area contributed by atoms with E-state index in [1.807, 2.05) is 46.4 Å². The number of methoxy groups -OCH3 is 1. The van der Waals surface area contributed by atoms with E-state index in [0.717, 1.165) is 16.2 Å². The Morgan fingerprint density at radius 3 is 2.82 bits per heavy atom. The standard InChI is InChI=1S/C19H18N4O4S/c1-27-18(26)14-10-22(6-8-24)17(25)16(14)20-13-4-2-12(3-5-13)15-11-23-7-9-28-19(23)21-15/h2-5,7,9,11,20,24H,6,8,10H2,1H3. The summed E-state index contributed by atoms with van der Waals surface area (Å²) in [6.07, 6.45) is 3.91. The van der Waals surface area contributed by atoms with Crippen molar-refractivity contribution in [2.45, 2.75) is 0 Å². The first-order valence-corrected chi connectivity index (χ1v) is 9.50. The summed E-state index contributed by atoms with van der Waals surface area (Å²) >= 11 is 1.57. The van der Waals surface area contributed by atoms with Crippen LogP contribution >= 0.6 is 11.3 Å². The first-order valence-electron chi connectivity index (χ1n) is 8.62. The van der Waals surface area contributed by atoms with Crippen molar-refractivity contribution >= 4 is 33.9 Å². The minimum atomic E-state index is -0.564. The van der Waals surface area contributed by atoms with Crippen LogP contribution < -0.4 is 5.32 Å². The first-order chi connectivity index (χ1) is 13.6. The van der Waals surface area contributed by atoms with Crippen LogP contribution in [-0.4, -0.2) is 58.1 Å². The third kappa shape index (κ3) is 3.25. The van der Waals surface area contributed by atoms with E-state index in [1.54, 1.807) is 11.3 Å². The van der Waals surface area contributed by atoms with Crippen molar-refractivity contribution in [1.29, 1.82) is 0 Å². The van der Waals surface area contributed by atoms with Gasteiger partial charge in [0.2, 0.25) is 0 Å². The highest BCUT2D eigenvalue weighted by atomic mass is 32.1. The van der Waals surface area contributed by atoms with E-state index >= 15 is 0 Å². The highest BCUT2D eigenvalue weighted by molar-refractivity contribution is 7.15. The maximum absolute atomic E-state index is 12.6. The van der Waals surface area contributed by atoms with Gasteiger partial charge >= 0.3 is 5.97 Å². The number of nitrogens with one attached hydrogen (secondary N) is 1. The van der Waals surface area contributed by atoms with Gasteiger partial charge < -0.3 is 20.1 Å². The maximum atomic E-state index is 12.6. The number of benzene rings is 1. The van der Waals surface area contributed by atoms with Gasteiger partial charge in [-0.25, -0.2) is 9.78 Å². The van der Waals surface area contributed by atoms with E-state index in [2.05, 4.69) is 10.3 Å². The van der Waals surface area contributed by atoms with Gasteiger partial charge in [-0.1, -0.05) is 12.1 Å². The summed E-state index contributed by atoms with van der Waals surface area (Å²) in [4.78, 5) is 31.5. The van der Waals surface area contributed by atoms with Gasteiger partial charge in [-0.05, 0) is 12.1 Å². The molecule has 28 heavy (non-hydrogen) atoms. The molecule has 1 aliphatic rings. The lowest BCUT2D eigenvalue weighted by atomic mass is 10.1. The molecule has 0 saturated heterocycles. The number of aliphatic hydroxyl groups excluding tert-OH is 1. The largest absolute Gasteiger partial charge is 0.466 e. The van der Waals surface area contributed by atoms with Gasteiger partial charge in [0.1, 0.15) is 5.70 Å². The topological polar surface area (TPSA) is 96.2 Å². The van der Waals surface area contributed by atoms with Gasteiger partial charge in [0.05, 0.1) is 31.5 Å². The molecule has 8 nitrogen and oxygen atoms in total. The molecular weight excluding hydrogens is 380 g/mol. The number of hydrogen-bond acceptors (Lipinski definition) is 7. The van der Waals surface area contributed by atoms with Crippen molar-refractivity contribution in [2.75, 3.05) is 32.1 Å². The molecule has 0 bridgehead atoms. The number of fused-ring (bicyclic) bond motifs is 1. The van der Waals surface area contributed by atoms with Crippen LogP contribution in [-0.2, 0) is 14.3 Å². The van der Waals surface area contributed by atoms with Gasteiger partial charge in [-0.15, -0.1) is 11.3 Å². The molecule has 1 aliphatic heterocycles. The number of amides is 1. The van der Waals surface area contributed by atoms with E-state index in [4.69, 9.17) is 9.84 Å². The van der Waals surface area contributed by atoms with E-state index in [0.29, 0.717) is 5.69 Å². The van der Waals surface area contributed by atoms with Crippen LogP contribution in [0.25, 0.3) is 16.2 Å². The number of esters is 1. The number of aromatic nitrogens is 2. The number of nitrogens with zero attached hydrogens (tertiary/aromatic N) is 3. The number of carbonyl (C=O) groups excluding carboxylic acids is 2. The molecule has 2 N–H and O–H groups in total. The molecule has 0 atom stereocenters. The van der Waals surface area contributed by atoms with Crippen molar-refractivity contribution in [3.8, 4) is 11.3 Å². The Hall–Kier alpha value is -3.17. The Labute approximate surface area is 164 Å². The number of ether oxygens (including phenoxy) is 1. The zero-order valence-electron chi connectivity index (χ0n) is 15.1. The van der Waals surface area contributed by atoms with Crippen LogP contribution in [0.1, 0.15) is 0 Å². The lowest BCUT2D eigenvalue weighted by Crippen LogP contribution is -2.31. The summed E-state index contributed by atoms with van der Waals surface area (Å²) in [7, 11) is 1.27. The molecular formula is C19H18N4O4S. The molecule has 0 spiro atoms. The number of carbonyl (C=O) groups is 2. The summed E-state index contributed by atoms with van der Waals surface area (Å²) < 4.78 is 6.75. The van der Waals surface area contributed by atoms with Crippen LogP contribution in [0.3, 0.4) is 0 Å². The average Bonchev–Trinajstić information content (AvgIpc) is 3.38. The molecule has 0 unspecified atom stereocenters. The minimum Gasteiger partial charge on any atom is -0.466 e. The average molecular weight is 398 g/mol. The third-order valence-corrected chi connectivity index (χ3v) is 5.27. The normalized spacial score (nSPS) is 14.2. The van der Waals surface area contributed by atoms with E-state index in [9.17, 15) is 9.59 Å². The van der Waals surface area contributed by atoms with Gasteiger partial charge in [0.15, 0.2) is 4.96 Å². The predicted octanol–water partition coefficient (Wildman–Crippen LogP) is 1.74. The SMILES string of the molecule is COC(=O)C1=C(Nc2ccc(-c3cn4ccsc4n3)cc2)C(=O)N(CCO)C1. The molecule has 4 rings (SSSR count). The van der Waals surface area contributed by atoms with Crippen LogP contribution in [0, 0.1) is 0 Å². The Morgan fingerprint density at radius 1 is 1.36 bits per heavy atom. The van der Waals surface area contributed by atoms with E-state index in [-0.39, 0.29) is 36.9 Å². The molecule has 3 heterocycles.